The molecule has 0 saturated heterocycles. The maximum atomic E-state index is 14.5. The maximum Gasteiger partial charge on any atom is 0.171 e. The molecule has 2 atom stereocenters. The molecule has 2 aliphatic rings. The number of nitrogens with zero attached hydrogens (tertiary/aromatic N) is 6. The summed E-state index contributed by atoms with van der Waals surface area (Å²) in [6.07, 6.45) is 1.15. The number of nitriles is 1. The van der Waals surface area contributed by atoms with Crippen molar-refractivity contribution in [2.45, 2.75) is 32.0 Å². The van der Waals surface area contributed by atoms with Crippen LogP contribution in [0.4, 0.5) is 10.1 Å². The first-order valence-electron chi connectivity index (χ1n) is 9.35. The fourth-order valence-corrected chi connectivity index (χ4v) is 4.50. The molecular formula is C19H20FN7O. The molecule has 3 aromatic heterocycles. The summed E-state index contributed by atoms with van der Waals surface area (Å²) in [4.78, 5) is 2.11. The predicted molar refractivity (Wildman–Crippen MR) is 99.4 cm³/mol. The van der Waals surface area contributed by atoms with Gasteiger partial charge in [0.2, 0.25) is 0 Å². The Bertz CT molecular complexity index is 1110. The van der Waals surface area contributed by atoms with Crippen molar-refractivity contribution in [3.63, 3.8) is 0 Å². The molecule has 3 aromatic rings. The fourth-order valence-electron chi connectivity index (χ4n) is 4.50. The highest BCUT2D eigenvalue weighted by atomic mass is 19.1. The molecule has 0 spiro atoms. The summed E-state index contributed by atoms with van der Waals surface area (Å²) in [5, 5.41) is 31.2. The Morgan fingerprint density at radius 1 is 1.43 bits per heavy atom. The molecule has 144 valence electrons. The van der Waals surface area contributed by atoms with E-state index < -0.39 is 5.82 Å². The van der Waals surface area contributed by atoms with Gasteiger partial charge in [0.05, 0.1) is 42.5 Å². The van der Waals surface area contributed by atoms with Gasteiger partial charge in [-0.3, -0.25) is 4.68 Å². The molecule has 1 unspecified atom stereocenters. The molecule has 8 nitrogen and oxygen atoms in total. The number of hydrogen-bond acceptors (Lipinski definition) is 6. The molecule has 0 saturated carbocycles. The first-order chi connectivity index (χ1) is 13.6. The molecule has 0 bridgehead atoms. The van der Waals surface area contributed by atoms with Crippen molar-refractivity contribution in [1.29, 1.82) is 5.26 Å². The Balaban J connectivity index is 1.63. The van der Waals surface area contributed by atoms with Gasteiger partial charge in [-0.25, -0.2) is 8.91 Å². The number of rotatable bonds is 2. The number of anilines is 1. The van der Waals surface area contributed by atoms with Crippen molar-refractivity contribution in [2.24, 2.45) is 0 Å². The highest BCUT2D eigenvalue weighted by molar-refractivity contribution is 5.75. The number of aliphatic hydroxyl groups excluding tert-OH is 1. The van der Waals surface area contributed by atoms with Crippen molar-refractivity contribution in [3.05, 3.63) is 46.8 Å². The van der Waals surface area contributed by atoms with Gasteiger partial charge in [-0.1, -0.05) is 0 Å². The van der Waals surface area contributed by atoms with E-state index in [1.165, 1.54) is 4.52 Å². The topological polar surface area (TPSA) is 94.4 Å². The van der Waals surface area contributed by atoms with Crippen molar-refractivity contribution in [2.75, 3.05) is 24.6 Å². The summed E-state index contributed by atoms with van der Waals surface area (Å²) in [7, 11) is 0. The third kappa shape index (κ3) is 2.35. The van der Waals surface area contributed by atoms with Crippen LogP contribution >= 0.6 is 0 Å². The second kappa shape index (κ2) is 6.29. The molecule has 0 aliphatic carbocycles. The van der Waals surface area contributed by atoms with Gasteiger partial charge >= 0.3 is 0 Å². The van der Waals surface area contributed by atoms with E-state index in [-0.39, 0.29) is 18.6 Å². The molecule has 2 N–H and O–H groups in total. The predicted octanol–water partition coefficient (Wildman–Crippen LogP) is 1.30. The number of pyridine rings is 1. The first kappa shape index (κ1) is 17.2. The second-order valence-corrected chi connectivity index (χ2v) is 7.46. The molecule has 0 amide bonds. The van der Waals surface area contributed by atoms with E-state index in [0.29, 0.717) is 36.5 Å². The normalized spacial score (nSPS) is 21.4. The van der Waals surface area contributed by atoms with Crippen LogP contribution in [0.2, 0.25) is 0 Å². The van der Waals surface area contributed by atoms with E-state index in [9.17, 15) is 14.8 Å². The highest BCUT2D eigenvalue weighted by Gasteiger charge is 2.34. The summed E-state index contributed by atoms with van der Waals surface area (Å²) < 4.78 is 17.9. The van der Waals surface area contributed by atoms with Gasteiger partial charge in [0.1, 0.15) is 17.3 Å². The molecular weight excluding hydrogens is 361 g/mol. The molecule has 5 heterocycles. The Labute approximate surface area is 160 Å². The van der Waals surface area contributed by atoms with E-state index in [0.717, 1.165) is 29.7 Å². The van der Waals surface area contributed by atoms with Crippen LogP contribution in [0.3, 0.4) is 0 Å². The van der Waals surface area contributed by atoms with Crippen LogP contribution in [0.15, 0.2) is 18.3 Å². The smallest absolute Gasteiger partial charge is 0.171 e. The number of nitrogens with one attached hydrogen (secondary N) is 1. The second-order valence-electron chi connectivity index (χ2n) is 7.46. The number of aromatic nitrogens is 4. The Morgan fingerprint density at radius 3 is 3.07 bits per heavy atom. The van der Waals surface area contributed by atoms with Gasteiger partial charge in [-0.05, 0) is 19.1 Å². The van der Waals surface area contributed by atoms with E-state index in [2.05, 4.69) is 28.3 Å². The van der Waals surface area contributed by atoms with Gasteiger partial charge < -0.3 is 15.3 Å². The van der Waals surface area contributed by atoms with E-state index in [4.69, 9.17) is 5.10 Å². The summed E-state index contributed by atoms with van der Waals surface area (Å²) in [6.45, 7) is 4.78. The minimum absolute atomic E-state index is 0.00679. The average molecular weight is 381 g/mol. The number of hydrogen-bond donors (Lipinski definition) is 2. The van der Waals surface area contributed by atoms with E-state index >= 15 is 0 Å². The largest absolute Gasteiger partial charge is 0.396 e. The standard InChI is InChI=1S/C19H20FN7O/c1-11-8-25(16-3-2-13(4-21)27-19(16)14(20)6-23-27)9-17-18-12(10-28)5-22-7-15(18)24-26(11)17/h2-3,6,11-12,22,28H,5,7-10H2,1H3/t11-,12?/m1/s1. The highest BCUT2D eigenvalue weighted by Crippen LogP contribution is 2.36. The Kier molecular flexibility index (Phi) is 3.86. The molecule has 5 rings (SSSR count). The minimum atomic E-state index is -0.446. The molecule has 0 radical (unpaired) electrons. The summed E-state index contributed by atoms with van der Waals surface area (Å²) >= 11 is 0. The van der Waals surface area contributed by atoms with E-state index in [1.54, 1.807) is 12.1 Å². The monoisotopic (exact) mass is 381 g/mol. The lowest BCUT2D eigenvalue weighted by atomic mass is 9.93. The third-order valence-corrected chi connectivity index (χ3v) is 5.73. The number of fused-ring (bicyclic) bond motifs is 4. The molecule has 2 aliphatic heterocycles. The van der Waals surface area contributed by atoms with Crippen LogP contribution in [0.5, 0.6) is 0 Å². The van der Waals surface area contributed by atoms with E-state index in [1.807, 2.05) is 4.68 Å². The molecule has 9 heteroatoms. The molecule has 0 fully saturated rings. The minimum Gasteiger partial charge on any atom is -0.396 e. The van der Waals surface area contributed by atoms with Crippen LogP contribution in [0, 0.1) is 17.1 Å². The maximum absolute atomic E-state index is 14.5. The van der Waals surface area contributed by atoms with Crippen molar-refractivity contribution in [3.8, 4) is 6.07 Å². The van der Waals surface area contributed by atoms with Gasteiger partial charge in [0.15, 0.2) is 5.82 Å². The zero-order valence-corrected chi connectivity index (χ0v) is 15.4. The average Bonchev–Trinajstić information content (AvgIpc) is 3.29. The molecule has 28 heavy (non-hydrogen) atoms. The van der Waals surface area contributed by atoms with Crippen molar-refractivity contribution < 1.29 is 9.50 Å². The lowest BCUT2D eigenvalue weighted by Gasteiger charge is -2.35. The van der Waals surface area contributed by atoms with Crippen molar-refractivity contribution >= 4 is 11.2 Å². The molecule has 0 aromatic carbocycles. The zero-order valence-electron chi connectivity index (χ0n) is 15.4. The summed E-state index contributed by atoms with van der Waals surface area (Å²) in [5.74, 6) is -0.439. The SMILES string of the molecule is C[C@@H]1CN(c2ccc(C#N)n3ncc(F)c23)Cc2c3c(nn21)CNCC3CO. The number of halogens is 1. The Morgan fingerprint density at radius 2 is 2.29 bits per heavy atom. The summed E-state index contributed by atoms with van der Waals surface area (Å²) in [6, 6.07) is 5.60. The zero-order chi connectivity index (χ0) is 19.4. The third-order valence-electron chi connectivity index (χ3n) is 5.73. The van der Waals surface area contributed by atoms with Gasteiger partial charge in [-0.2, -0.15) is 15.5 Å². The quantitative estimate of drug-likeness (QED) is 0.695. The first-order valence-corrected chi connectivity index (χ1v) is 9.35. The summed E-state index contributed by atoms with van der Waals surface area (Å²) in [5.41, 5.74) is 4.47. The van der Waals surface area contributed by atoms with Crippen LogP contribution in [-0.4, -0.2) is 44.2 Å². The van der Waals surface area contributed by atoms with Crippen LogP contribution in [0.1, 0.15) is 41.5 Å². The van der Waals surface area contributed by atoms with Crippen LogP contribution < -0.4 is 10.2 Å². The Hall–Kier alpha value is -2.96. The van der Waals surface area contributed by atoms with Gasteiger partial charge in [0.25, 0.3) is 0 Å². The lowest BCUT2D eigenvalue weighted by molar-refractivity contribution is 0.255. The fraction of sp³-hybridized carbons (Fsp3) is 0.421. The van der Waals surface area contributed by atoms with Crippen LogP contribution in [-0.2, 0) is 13.1 Å². The number of aliphatic hydroxyl groups is 1. The van der Waals surface area contributed by atoms with Crippen LogP contribution in [0.25, 0.3) is 5.52 Å². The van der Waals surface area contributed by atoms with Gasteiger partial charge in [0, 0.05) is 31.1 Å². The lowest BCUT2D eigenvalue weighted by Crippen LogP contribution is -2.38. The van der Waals surface area contributed by atoms with Crippen molar-refractivity contribution in [1.82, 2.24) is 24.7 Å². The van der Waals surface area contributed by atoms with Gasteiger partial charge in [-0.15, -0.1) is 0 Å².